The van der Waals surface area contributed by atoms with Crippen molar-refractivity contribution in [2.45, 2.75) is 45.3 Å². The fourth-order valence-corrected chi connectivity index (χ4v) is 6.93. The summed E-state index contributed by atoms with van der Waals surface area (Å²) in [5, 5.41) is 7.15. The summed E-state index contributed by atoms with van der Waals surface area (Å²) in [5.41, 5.74) is 7.26. The molecule has 2 aromatic heterocycles. The van der Waals surface area contributed by atoms with Crippen LogP contribution in [0.5, 0.6) is 0 Å². The second-order valence-electron chi connectivity index (χ2n) is 8.98. The first-order chi connectivity index (χ1) is 16.6. The normalized spacial score (nSPS) is 15.9. The van der Waals surface area contributed by atoms with Crippen LogP contribution in [0.15, 0.2) is 34.9 Å². The van der Waals surface area contributed by atoms with Gasteiger partial charge in [0.1, 0.15) is 0 Å². The molecule has 9 nitrogen and oxygen atoms in total. The van der Waals surface area contributed by atoms with Crippen molar-refractivity contribution < 1.29 is 17.7 Å². The molecule has 0 unspecified atom stereocenters. The molecule has 3 aromatic rings. The van der Waals surface area contributed by atoms with Crippen LogP contribution in [0.3, 0.4) is 0 Å². The van der Waals surface area contributed by atoms with Crippen molar-refractivity contribution >= 4 is 55.7 Å². The minimum Gasteiger partial charge on any atom is -0.380 e. The van der Waals surface area contributed by atoms with E-state index in [1.54, 1.807) is 22.5 Å². The highest BCUT2D eigenvalue weighted by atomic mass is 35.5. The van der Waals surface area contributed by atoms with E-state index >= 15 is 0 Å². The number of rotatable bonds is 9. The zero-order chi connectivity index (χ0) is 25.2. The highest BCUT2D eigenvalue weighted by Crippen LogP contribution is 2.27. The molecule has 12 heteroatoms. The van der Waals surface area contributed by atoms with E-state index in [2.05, 4.69) is 29.2 Å². The number of aromatic nitrogens is 1. The van der Waals surface area contributed by atoms with Crippen LogP contribution < -0.4 is 11.1 Å². The number of nitrogen functional groups attached to an aromatic ring is 1. The molecule has 0 saturated carbocycles. The average Bonchev–Trinajstić information content (AvgIpc) is 3.43. The molecule has 1 aromatic carbocycles. The summed E-state index contributed by atoms with van der Waals surface area (Å²) in [5.74, 6) is -0.250. The lowest BCUT2D eigenvalue weighted by atomic mass is 10.0. The molecule has 1 aliphatic rings. The second-order valence-corrected chi connectivity index (χ2v) is 12.7. The number of sulfonamides is 1. The molecule has 1 saturated heterocycles. The van der Waals surface area contributed by atoms with E-state index in [-0.39, 0.29) is 36.6 Å². The molecule has 3 N–H and O–H groups in total. The first-order valence-corrected chi connectivity index (χ1v) is 14.4. The van der Waals surface area contributed by atoms with E-state index in [1.807, 2.05) is 12.1 Å². The number of carbonyl (C=O) groups is 1. The van der Waals surface area contributed by atoms with Gasteiger partial charge in [0.15, 0.2) is 11.4 Å². The molecule has 1 amide bonds. The Balaban J connectivity index is 1.50. The molecule has 0 spiro atoms. The number of likely N-dealkylation sites (tertiary alicyclic amines) is 1. The van der Waals surface area contributed by atoms with E-state index in [1.165, 1.54) is 0 Å². The highest BCUT2D eigenvalue weighted by molar-refractivity contribution is 7.89. The number of nitrogens with one attached hydrogen (secondary N) is 1. The maximum absolute atomic E-state index is 13.5. The number of halogens is 1. The van der Waals surface area contributed by atoms with Crippen LogP contribution in [-0.4, -0.2) is 66.2 Å². The van der Waals surface area contributed by atoms with E-state index < -0.39 is 10.0 Å². The molecule has 35 heavy (non-hydrogen) atoms. The minimum absolute atomic E-state index is 0.00958. The van der Waals surface area contributed by atoms with Gasteiger partial charge in [-0.2, -0.15) is 4.31 Å². The Bertz CT molecular complexity index is 1280. The van der Waals surface area contributed by atoms with Gasteiger partial charge in [0.05, 0.1) is 20.4 Å². The molecule has 190 valence electrons. The molecule has 0 aliphatic carbocycles. The third-order valence-electron chi connectivity index (χ3n) is 6.34. The molecule has 1 fully saturated rings. The standard InChI is InChI=1S/C23H30ClN5O4S2/c1-15(2)28-10-7-17(8-11-28)29(14-16-3-4-19-18(13-16)22(25)27-33-19)35(31,32)12-9-26-23(30)20-5-6-21(24)34-20/h3-6,13,15,17H,7-12,14H2,1-2H3,(H2,25,27)(H,26,30). The lowest BCUT2D eigenvalue weighted by Gasteiger charge is -2.39. The van der Waals surface area contributed by atoms with Crippen molar-refractivity contribution in [1.29, 1.82) is 0 Å². The fraction of sp³-hybridized carbons (Fsp3) is 0.478. The zero-order valence-corrected chi connectivity index (χ0v) is 22.1. The topological polar surface area (TPSA) is 122 Å². The molecular weight excluding hydrogens is 510 g/mol. The van der Waals surface area contributed by atoms with Crippen LogP contribution in [0.25, 0.3) is 11.0 Å². The van der Waals surface area contributed by atoms with Crippen molar-refractivity contribution in [3.8, 4) is 0 Å². The second kappa shape index (κ2) is 10.8. The summed E-state index contributed by atoms with van der Waals surface area (Å²) >= 11 is 7.05. The number of anilines is 1. The summed E-state index contributed by atoms with van der Waals surface area (Å²) < 4.78 is 34.4. The number of thiophene rings is 1. The number of amides is 1. The number of carbonyl (C=O) groups excluding carboxylic acids is 1. The van der Waals surface area contributed by atoms with Gasteiger partial charge >= 0.3 is 0 Å². The zero-order valence-electron chi connectivity index (χ0n) is 19.7. The van der Waals surface area contributed by atoms with Gasteiger partial charge in [-0.1, -0.05) is 22.8 Å². The number of nitrogens with zero attached hydrogens (tertiary/aromatic N) is 3. The molecule has 0 atom stereocenters. The predicted molar refractivity (Wildman–Crippen MR) is 139 cm³/mol. The maximum Gasteiger partial charge on any atom is 0.261 e. The van der Waals surface area contributed by atoms with Crippen molar-refractivity contribution in [3.63, 3.8) is 0 Å². The van der Waals surface area contributed by atoms with Gasteiger partial charge in [0, 0.05) is 25.2 Å². The van der Waals surface area contributed by atoms with Crippen LogP contribution in [0.2, 0.25) is 4.34 Å². The Hall–Kier alpha value is -2.18. The smallest absolute Gasteiger partial charge is 0.261 e. The molecule has 0 bridgehead atoms. The Morgan fingerprint density at radius 3 is 2.71 bits per heavy atom. The molecular formula is C23H30ClN5O4S2. The number of nitrogens with two attached hydrogens (primary N) is 1. The minimum atomic E-state index is -3.67. The van der Waals surface area contributed by atoms with Gasteiger partial charge in [-0.05, 0) is 69.6 Å². The largest absolute Gasteiger partial charge is 0.380 e. The monoisotopic (exact) mass is 539 g/mol. The van der Waals surface area contributed by atoms with Gasteiger partial charge < -0.3 is 20.5 Å². The summed E-state index contributed by atoms with van der Waals surface area (Å²) in [7, 11) is -3.67. The highest BCUT2D eigenvalue weighted by Gasteiger charge is 2.33. The number of piperidine rings is 1. The van der Waals surface area contributed by atoms with Crippen molar-refractivity contribution in [2.75, 3.05) is 31.1 Å². The first-order valence-electron chi connectivity index (χ1n) is 11.5. The Morgan fingerprint density at radius 2 is 2.06 bits per heavy atom. The molecule has 4 rings (SSSR count). The fourth-order valence-electron chi connectivity index (χ4n) is 4.36. The van der Waals surface area contributed by atoms with Crippen molar-refractivity contribution in [3.05, 3.63) is 45.1 Å². The molecule has 1 aliphatic heterocycles. The van der Waals surface area contributed by atoms with Gasteiger partial charge in [-0.15, -0.1) is 11.3 Å². The van der Waals surface area contributed by atoms with Crippen molar-refractivity contribution in [2.24, 2.45) is 0 Å². The maximum atomic E-state index is 13.5. The van der Waals surface area contributed by atoms with Crippen LogP contribution in [0.4, 0.5) is 5.82 Å². The summed E-state index contributed by atoms with van der Waals surface area (Å²) in [6, 6.07) is 8.97. The number of hydrogen-bond acceptors (Lipinski definition) is 8. The Morgan fingerprint density at radius 1 is 1.31 bits per heavy atom. The number of benzene rings is 1. The SMILES string of the molecule is CC(C)N1CCC(N(Cc2ccc3onc(N)c3c2)S(=O)(=O)CCNC(=O)c2ccc(Cl)s2)CC1. The summed E-state index contributed by atoms with van der Waals surface area (Å²) in [6.45, 7) is 6.19. The quantitative estimate of drug-likeness (QED) is 0.426. The third kappa shape index (κ3) is 6.15. The van der Waals surface area contributed by atoms with E-state index in [0.717, 1.165) is 42.8 Å². The first kappa shape index (κ1) is 25.9. The van der Waals surface area contributed by atoms with Crippen LogP contribution in [0.1, 0.15) is 41.9 Å². The van der Waals surface area contributed by atoms with Crippen LogP contribution in [-0.2, 0) is 16.6 Å². The number of hydrogen-bond donors (Lipinski definition) is 2. The lowest BCUT2D eigenvalue weighted by Crippen LogP contribution is -2.49. The van der Waals surface area contributed by atoms with Gasteiger partial charge in [0.25, 0.3) is 5.91 Å². The van der Waals surface area contributed by atoms with Gasteiger partial charge in [0.2, 0.25) is 10.0 Å². The van der Waals surface area contributed by atoms with E-state index in [9.17, 15) is 13.2 Å². The summed E-state index contributed by atoms with van der Waals surface area (Å²) in [4.78, 5) is 15.1. The van der Waals surface area contributed by atoms with Gasteiger partial charge in [-0.3, -0.25) is 4.79 Å². The number of fused-ring (bicyclic) bond motifs is 1. The Labute approximate surface area is 214 Å². The van der Waals surface area contributed by atoms with Crippen LogP contribution in [0, 0.1) is 0 Å². The molecule has 0 radical (unpaired) electrons. The van der Waals surface area contributed by atoms with Gasteiger partial charge in [-0.25, -0.2) is 8.42 Å². The predicted octanol–water partition coefficient (Wildman–Crippen LogP) is 3.56. The average molecular weight is 540 g/mol. The lowest BCUT2D eigenvalue weighted by molar-refractivity contribution is 0.0960. The third-order valence-corrected chi connectivity index (χ3v) is 9.43. The molecule has 3 heterocycles. The summed E-state index contributed by atoms with van der Waals surface area (Å²) in [6.07, 6.45) is 1.49. The Kier molecular flexibility index (Phi) is 8.02. The van der Waals surface area contributed by atoms with Crippen molar-refractivity contribution in [1.82, 2.24) is 19.7 Å². The van der Waals surface area contributed by atoms with E-state index in [0.29, 0.717) is 26.2 Å². The van der Waals surface area contributed by atoms with E-state index in [4.69, 9.17) is 21.9 Å². The van der Waals surface area contributed by atoms with Crippen LogP contribution >= 0.6 is 22.9 Å².